The van der Waals surface area contributed by atoms with Gasteiger partial charge in [-0.05, 0) is 31.2 Å². The van der Waals surface area contributed by atoms with E-state index in [0.717, 1.165) is 22.2 Å². The van der Waals surface area contributed by atoms with Crippen LogP contribution in [-0.2, 0) is 14.3 Å². The van der Waals surface area contributed by atoms with E-state index in [9.17, 15) is 14.7 Å². The molecule has 1 atom stereocenters. The van der Waals surface area contributed by atoms with Crippen molar-refractivity contribution in [3.8, 4) is 5.75 Å². The first-order valence-corrected chi connectivity index (χ1v) is 10.4. The third kappa shape index (κ3) is 3.53. The van der Waals surface area contributed by atoms with Crippen LogP contribution in [0.15, 0.2) is 48.0 Å². The summed E-state index contributed by atoms with van der Waals surface area (Å²) in [5.74, 6) is -1.28. The van der Waals surface area contributed by atoms with Crippen molar-refractivity contribution < 1.29 is 24.2 Å². The maximum absolute atomic E-state index is 13.1. The van der Waals surface area contributed by atoms with Gasteiger partial charge in [0.2, 0.25) is 0 Å². The first-order chi connectivity index (χ1) is 15.4. The van der Waals surface area contributed by atoms with Crippen molar-refractivity contribution in [2.24, 2.45) is 0 Å². The Morgan fingerprint density at radius 3 is 2.62 bits per heavy atom. The predicted octanol–water partition coefficient (Wildman–Crippen LogP) is 4.21. The molecule has 0 saturated carbocycles. The Bertz CT molecular complexity index is 1250. The standard InChI is InChI=1S/C24H23ClN2O5/c1-13-19(15-6-4-5-7-17(15)26-13)21-20(23(29)24(30)27(21)10-11-31-2)22(28)14-8-9-18(32-3)16(25)12-14/h4-9,12,21,26,28H,10-11H2,1-3H3/b22-20+. The summed E-state index contributed by atoms with van der Waals surface area (Å²) in [7, 11) is 3.02. The van der Waals surface area contributed by atoms with Crippen LogP contribution in [-0.4, -0.2) is 54.1 Å². The molecule has 2 aromatic carbocycles. The number of aliphatic hydroxyl groups is 1. The first-order valence-electron chi connectivity index (χ1n) is 10.1. The fourth-order valence-electron chi connectivity index (χ4n) is 4.22. The number of nitrogens with one attached hydrogen (secondary N) is 1. The Morgan fingerprint density at radius 2 is 1.94 bits per heavy atom. The fourth-order valence-corrected chi connectivity index (χ4v) is 4.48. The fraction of sp³-hybridized carbons (Fsp3) is 0.250. The molecule has 32 heavy (non-hydrogen) atoms. The van der Waals surface area contributed by atoms with Crippen molar-refractivity contribution in [2.45, 2.75) is 13.0 Å². The highest BCUT2D eigenvalue weighted by Gasteiger charge is 2.47. The average Bonchev–Trinajstić information content (AvgIpc) is 3.24. The molecule has 0 aliphatic carbocycles. The van der Waals surface area contributed by atoms with Gasteiger partial charge in [-0.2, -0.15) is 0 Å². The number of nitrogens with zero attached hydrogens (tertiary/aromatic N) is 1. The van der Waals surface area contributed by atoms with Gasteiger partial charge in [0, 0.05) is 41.4 Å². The Labute approximate surface area is 190 Å². The van der Waals surface area contributed by atoms with E-state index in [4.69, 9.17) is 21.1 Å². The molecule has 1 saturated heterocycles. The molecule has 166 valence electrons. The van der Waals surface area contributed by atoms with Gasteiger partial charge in [-0.1, -0.05) is 29.8 Å². The van der Waals surface area contributed by atoms with E-state index in [1.165, 1.54) is 25.2 Å². The number of rotatable bonds is 6. The van der Waals surface area contributed by atoms with Gasteiger partial charge in [0.1, 0.15) is 11.5 Å². The number of H-pyrrole nitrogens is 1. The minimum atomic E-state index is -0.776. The summed E-state index contributed by atoms with van der Waals surface area (Å²) in [5.41, 5.74) is 2.78. The third-order valence-corrected chi connectivity index (χ3v) is 6.01. The molecule has 0 radical (unpaired) electrons. The highest BCUT2D eigenvalue weighted by molar-refractivity contribution is 6.46. The van der Waals surface area contributed by atoms with Crippen LogP contribution in [0.2, 0.25) is 5.02 Å². The maximum atomic E-state index is 13.1. The van der Waals surface area contributed by atoms with Crippen molar-refractivity contribution in [1.82, 2.24) is 9.88 Å². The number of amides is 1. The van der Waals surface area contributed by atoms with E-state index >= 15 is 0 Å². The van der Waals surface area contributed by atoms with Crippen LogP contribution in [0.1, 0.15) is 22.9 Å². The Morgan fingerprint density at radius 1 is 1.19 bits per heavy atom. The van der Waals surface area contributed by atoms with Crippen LogP contribution in [0, 0.1) is 6.92 Å². The summed E-state index contributed by atoms with van der Waals surface area (Å²) in [6.07, 6.45) is 0. The number of hydrogen-bond acceptors (Lipinski definition) is 5. The number of ketones is 1. The monoisotopic (exact) mass is 454 g/mol. The van der Waals surface area contributed by atoms with E-state index in [-0.39, 0.29) is 29.5 Å². The van der Waals surface area contributed by atoms with E-state index < -0.39 is 17.7 Å². The molecule has 8 heteroatoms. The number of aryl methyl sites for hydroxylation is 1. The number of halogens is 1. The summed E-state index contributed by atoms with van der Waals surface area (Å²) in [5, 5.41) is 12.4. The van der Waals surface area contributed by atoms with E-state index in [1.807, 2.05) is 31.2 Å². The molecule has 1 aromatic heterocycles. The lowest BCUT2D eigenvalue weighted by atomic mass is 9.93. The van der Waals surface area contributed by atoms with Crippen molar-refractivity contribution in [3.05, 3.63) is 69.9 Å². The number of carbonyl (C=O) groups excluding carboxylic acids is 2. The van der Waals surface area contributed by atoms with Crippen LogP contribution in [0.25, 0.3) is 16.7 Å². The van der Waals surface area contributed by atoms with E-state index in [2.05, 4.69) is 4.98 Å². The number of benzene rings is 2. The average molecular weight is 455 g/mol. The van der Waals surface area contributed by atoms with Gasteiger partial charge >= 0.3 is 0 Å². The highest BCUT2D eigenvalue weighted by Crippen LogP contribution is 2.43. The molecule has 1 unspecified atom stereocenters. The lowest BCUT2D eigenvalue weighted by Crippen LogP contribution is -2.32. The SMILES string of the molecule is COCCN1C(=O)C(=O)/C(=C(/O)c2ccc(OC)c(Cl)c2)C1c1c(C)[nH]c2ccccc12. The van der Waals surface area contributed by atoms with Gasteiger partial charge in [0.05, 0.1) is 30.4 Å². The number of hydrogen-bond donors (Lipinski definition) is 2. The summed E-state index contributed by atoms with van der Waals surface area (Å²) < 4.78 is 10.3. The molecule has 4 rings (SSSR count). The van der Waals surface area contributed by atoms with Crippen LogP contribution >= 0.6 is 11.6 Å². The quantitative estimate of drug-likeness (QED) is 0.331. The molecule has 1 fully saturated rings. The normalized spacial score (nSPS) is 18.0. The summed E-state index contributed by atoms with van der Waals surface area (Å²) >= 11 is 6.24. The smallest absolute Gasteiger partial charge is 0.295 e. The molecule has 7 nitrogen and oxygen atoms in total. The van der Waals surface area contributed by atoms with Crippen LogP contribution < -0.4 is 4.74 Å². The number of Topliss-reactive ketones (excluding diaryl/α,β-unsaturated/α-hetero) is 1. The minimum Gasteiger partial charge on any atom is -0.507 e. The lowest BCUT2D eigenvalue weighted by molar-refractivity contribution is -0.140. The van der Waals surface area contributed by atoms with Gasteiger partial charge in [0.15, 0.2) is 0 Å². The predicted molar refractivity (Wildman–Crippen MR) is 122 cm³/mol. The zero-order valence-electron chi connectivity index (χ0n) is 17.9. The van der Waals surface area contributed by atoms with Gasteiger partial charge in [-0.15, -0.1) is 0 Å². The number of methoxy groups -OCH3 is 2. The number of likely N-dealkylation sites (tertiary alicyclic amines) is 1. The zero-order valence-corrected chi connectivity index (χ0v) is 18.7. The molecule has 1 aliphatic heterocycles. The lowest BCUT2D eigenvalue weighted by Gasteiger charge is -2.25. The van der Waals surface area contributed by atoms with Gasteiger partial charge in [0.25, 0.3) is 11.7 Å². The molecule has 1 amide bonds. The second kappa shape index (κ2) is 8.68. The van der Waals surface area contributed by atoms with Crippen LogP contribution in [0.5, 0.6) is 5.75 Å². The van der Waals surface area contributed by atoms with Crippen molar-refractivity contribution in [3.63, 3.8) is 0 Å². The first kappa shape index (κ1) is 21.9. The minimum absolute atomic E-state index is 0.0141. The third-order valence-electron chi connectivity index (χ3n) is 5.72. The van der Waals surface area contributed by atoms with Crippen molar-refractivity contribution >= 4 is 40.0 Å². The van der Waals surface area contributed by atoms with E-state index in [1.54, 1.807) is 12.1 Å². The number of ether oxygens (including phenoxy) is 2. The second-order valence-electron chi connectivity index (χ2n) is 7.54. The van der Waals surface area contributed by atoms with Gasteiger partial charge < -0.3 is 24.5 Å². The number of para-hydroxylation sites is 1. The largest absolute Gasteiger partial charge is 0.507 e. The molecular weight excluding hydrogens is 432 g/mol. The van der Waals surface area contributed by atoms with Crippen LogP contribution in [0.3, 0.4) is 0 Å². The molecule has 0 bridgehead atoms. The van der Waals surface area contributed by atoms with Crippen molar-refractivity contribution in [1.29, 1.82) is 0 Å². The molecule has 2 heterocycles. The van der Waals surface area contributed by atoms with E-state index in [0.29, 0.717) is 11.3 Å². The number of aromatic nitrogens is 1. The zero-order chi connectivity index (χ0) is 23.0. The Balaban J connectivity index is 1.95. The van der Waals surface area contributed by atoms with Crippen LogP contribution in [0.4, 0.5) is 0 Å². The Hall–Kier alpha value is -3.29. The molecule has 0 spiro atoms. The summed E-state index contributed by atoms with van der Waals surface area (Å²) in [4.78, 5) is 30.9. The second-order valence-corrected chi connectivity index (χ2v) is 7.95. The Kier molecular flexibility index (Phi) is 5.95. The van der Waals surface area contributed by atoms with Gasteiger partial charge in [-0.25, -0.2) is 0 Å². The summed E-state index contributed by atoms with van der Waals surface area (Å²) in [6.45, 7) is 2.33. The number of carbonyl (C=O) groups is 2. The molecular formula is C24H23ClN2O5. The molecule has 1 aliphatic rings. The number of aliphatic hydroxyl groups excluding tert-OH is 1. The topological polar surface area (TPSA) is 91.9 Å². The maximum Gasteiger partial charge on any atom is 0.295 e. The van der Waals surface area contributed by atoms with Gasteiger partial charge in [-0.3, -0.25) is 9.59 Å². The van der Waals surface area contributed by atoms with Crippen molar-refractivity contribution in [2.75, 3.05) is 27.4 Å². The molecule has 3 aromatic rings. The molecule has 2 N–H and O–H groups in total. The number of fused-ring (bicyclic) bond motifs is 1. The number of aromatic amines is 1. The highest BCUT2D eigenvalue weighted by atomic mass is 35.5. The summed E-state index contributed by atoms with van der Waals surface area (Å²) in [6, 6.07) is 11.6.